The molecule has 1 aliphatic rings. The maximum absolute atomic E-state index is 14.3. The number of rotatable bonds is 9. The molecule has 1 N–H and O–H groups in total. The van der Waals surface area contributed by atoms with Gasteiger partial charge in [0.2, 0.25) is 11.8 Å². The van der Waals surface area contributed by atoms with Gasteiger partial charge in [-0.15, -0.1) is 13.2 Å². The van der Waals surface area contributed by atoms with Crippen molar-refractivity contribution in [2.24, 2.45) is 0 Å². The molecular formula is C20H26FN3O3. The van der Waals surface area contributed by atoms with Crippen LogP contribution >= 0.6 is 0 Å². The largest absolute Gasteiger partial charge is 0.497 e. The summed E-state index contributed by atoms with van der Waals surface area (Å²) in [7, 11) is 1.48. The predicted molar refractivity (Wildman–Crippen MR) is 102 cm³/mol. The predicted octanol–water partition coefficient (Wildman–Crippen LogP) is 1.73. The molecule has 27 heavy (non-hydrogen) atoms. The second kappa shape index (κ2) is 9.87. The van der Waals surface area contributed by atoms with E-state index in [1.54, 1.807) is 29.2 Å². The third kappa shape index (κ3) is 5.40. The first-order chi connectivity index (χ1) is 13.0. The number of methoxy groups -OCH3 is 1. The van der Waals surface area contributed by atoms with Gasteiger partial charge in [0.25, 0.3) is 0 Å². The van der Waals surface area contributed by atoms with E-state index in [9.17, 15) is 14.0 Å². The highest BCUT2D eigenvalue weighted by molar-refractivity contribution is 5.89. The lowest BCUT2D eigenvalue weighted by molar-refractivity contribution is -0.138. The van der Waals surface area contributed by atoms with Gasteiger partial charge < -0.3 is 15.0 Å². The number of nitrogens with zero attached hydrogens (tertiary/aromatic N) is 2. The summed E-state index contributed by atoms with van der Waals surface area (Å²) in [5.41, 5.74) is 0.456. The molecule has 0 aliphatic carbocycles. The molecule has 1 aromatic rings. The molecular weight excluding hydrogens is 349 g/mol. The lowest BCUT2D eigenvalue weighted by Crippen LogP contribution is -2.56. The molecule has 2 amide bonds. The van der Waals surface area contributed by atoms with Gasteiger partial charge in [0.05, 0.1) is 19.6 Å². The lowest BCUT2D eigenvalue weighted by Gasteiger charge is -2.35. The summed E-state index contributed by atoms with van der Waals surface area (Å²) in [6.45, 7) is 9.31. The zero-order chi connectivity index (χ0) is 19.8. The molecule has 0 bridgehead atoms. The van der Waals surface area contributed by atoms with Crippen LogP contribution < -0.4 is 10.1 Å². The SMILES string of the molecule is C=CCN(CC=C)C(=O)C[C@H]1C(=O)NCCN1Cc1ccc(OC)cc1F. The molecule has 6 nitrogen and oxygen atoms in total. The maximum atomic E-state index is 14.3. The Hall–Kier alpha value is -2.67. The van der Waals surface area contributed by atoms with E-state index in [4.69, 9.17) is 4.74 Å². The van der Waals surface area contributed by atoms with Crippen molar-refractivity contribution < 1.29 is 18.7 Å². The van der Waals surface area contributed by atoms with Crippen LogP contribution in [0.4, 0.5) is 4.39 Å². The summed E-state index contributed by atoms with van der Waals surface area (Å²) in [6.07, 6.45) is 3.28. The highest BCUT2D eigenvalue weighted by Gasteiger charge is 2.33. The molecule has 1 atom stereocenters. The number of hydrogen-bond donors (Lipinski definition) is 1. The number of carbonyl (C=O) groups is 2. The van der Waals surface area contributed by atoms with Gasteiger partial charge in [-0.3, -0.25) is 14.5 Å². The summed E-state index contributed by atoms with van der Waals surface area (Å²) >= 11 is 0. The van der Waals surface area contributed by atoms with Crippen LogP contribution in [0, 0.1) is 5.82 Å². The minimum Gasteiger partial charge on any atom is -0.497 e. The maximum Gasteiger partial charge on any atom is 0.237 e. The standard InChI is InChI=1S/C20H26FN3O3/c1-4-9-23(10-5-2)19(25)13-18-20(26)22-8-11-24(18)14-15-6-7-16(27-3)12-17(15)21/h4-7,12,18H,1-2,8-11,13-14H2,3H3,(H,22,26)/t18-/m0/s1. The van der Waals surface area contributed by atoms with Gasteiger partial charge in [-0.05, 0) is 6.07 Å². The molecule has 1 aliphatic heterocycles. The van der Waals surface area contributed by atoms with Crippen LogP contribution in [-0.4, -0.2) is 60.9 Å². The second-order valence-corrected chi connectivity index (χ2v) is 6.31. The van der Waals surface area contributed by atoms with Gasteiger partial charge in [-0.1, -0.05) is 18.2 Å². The molecule has 0 spiro atoms. The van der Waals surface area contributed by atoms with Gasteiger partial charge in [0.1, 0.15) is 11.6 Å². The molecule has 1 saturated heterocycles. The van der Waals surface area contributed by atoms with Crippen molar-refractivity contribution in [3.05, 3.63) is 54.9 Å². The average molecular weight is 375 g/mol. The molecule has 1 aromatic carbocycles. The second-order valence-electron chi connectivity index (χ2n) is 6.31. The molecule has 146 valence electrons. The number of benzene rings is 1. The number of carbonyl (C=O) groups excluding carboxylic acids is 2. The Morgan fingerprint density at radius 2 is 2.11 bits per heavy atom. The monoisotopic (exact) mass is 375 g/mol. The Balaban J connectivity index is 2.14. The van der Waals surface area contributed by atoms with Crippen molar-refractivity contribution in [3.8, 4) is 5.75 Å². The average Bonchev–Trinajstić information content (AvgIpc) is 2.65. The highest BCUT2D eigenvalue weighted by atomic mass is 19.1. The minimum atomic E-state index is -0.648. The van der Waals surface area contributed by atoms with E-state index in [1.807, 2.05) is 4.90 Å². The molecule has 0 radical (unpaired) electrons. The quantitative estimate of drug-likeness (QED) is 0.668. The van der Waals surface area contributed by atoms with E-state index >= 15 is 0 Å². The van der Waals surface area contributed by atoms with Crippen LogP contribution in [0.3, 0.4) is 0 Å². The van der Waals surface area contributed by atoms with E-state index in [2.05, 4.69) is 18.5 Å². The molecule has 0 unspecified atom stereocenters. The number of halogens is 1. The molecule has 1 heterocycles. The van der Waals surface area contributed by atoms with E-state index in [-0.39, 0.29) is 24.8 Å². The number of hydrogen-bond acceptors (Lipinski definition) is 4. The first kappa shape index (κ1) is 20.6. The van der Waals surface area contributed by atoms with Crippen LogP contribution in [0.2, 0.25) is 0 Å². The van der Waals surface area contributed by atoms with Crippen LogP contribution in [0.15, 0.2) is 43.5 Å². The van der Waals surface area contributed by atoms with E-state index < -0.39 is 11.9 Å². The third-order valence-corrected chi connectivity index (χ3v) is 4.49. The van der Waals surface area contributed by atoms with Gasteiger partial charge in [0, 0.05) is 44.4 Å². The number of nitrogens with one attached hydrogen (secondary N) is 1. The highest BCUT2D eigenvalue weighted by Crippen LogP contribution is 2.20. The summed E-state index contributed by atoms with van der Waals surface area (Å²) in [6, 6.07) is 3.99. The fraction of sp³-hybridized carbons (Fsp3) is 0.400. The van der Waals surface area contributed by atoms with Crippen molar-refractivity contribution in [1.82, 2.24) is 15.1 Å². The Labute approximate surface area is 159 Å². The molecule has 1 fully saturated rings. The van der Waals surface area contributed by atoms with Crippen molar-refractivity contribution in [2.75, 3.05) is 33.3 Å². The fourth-order valence-electron chi connectivity index (χ4n) is 3.06. The third-order valence-electron chi connectivity index (χ3n) is 4.49. The fourth-order valence-corrected chi connectivity index (χ4v) is 3.06. The molecule has 0 aromatic heterocycles. The van der Waals surface area contributed by atoms with Crippen molar-refractivity contribution in [3.63, 3.8) is 0 Å². The van der Waals surface area contributed by atoms with Crippen molar-refractivity contribution in [1.29, 1.82) is 0 Å². The Morgan fingerprint density at radius 3 is 2.70 bits per heavy atom. The number of amides is 2. The Morgan fingerprint density at radius 1 is 1.41 bits per heavy atom. The van der Waals surface area contributed by atoms with Crippen LogP contribution in [0.25, 0.3) is 0 Å². The van der Waals surface area contributed by atoms with Crippen LogP contribution in [0.1, 0.15) is 12.0 Å². The summed E-state index contributed by atoms with van der Waals surface area (Å²) < 4.78 is 19.3. The first-order valence-corrected chi connectivity index (χ1v) is 8.83. The van der Waals surface area contributed by atoms with Gasteiger partial charge >= 0.3 is 0 Å². The molecule has 7 heteroatoms. The minimum absolute atomic E-state index is 0.0191. The number of ether oxygens (including phenoxy) is 1. The topological polar surface area (TPSA) is 61.9 Å². The van der Waals surface area contributed by atoms with Crippen molar-refractivity contribution in [2.45, 2.75) is 19.0 Å². The smallest absolute Gasteiger partial charge is 0.237 e. The molecule has 2 rings (SSSR count). The Kier molecular flexibility index (Phi) is 7.55. The zero-order valence-corrected chi connectivity index (χ0v) is 15.6. The summed E-state index contributed by atoms with van der Waals surface area (Å²) in [4.78, 5) is 28.4. The van der Waals surface area contributed by atoms with E-state index in [1.165, 1.54) is 13.2 Å². The van der Waals surface area contributed by atoms with Crippen LogP contribution in [0.5, 0.6) is 5.75 Å². The zero-order valence-electron chi connectivity index (χ0n) is 15.6. The lowest BCUT2D eigenvalue weighted by atomic mass is 10.1. The van der Waals surface area contributed by atoms with E-state index in [0.29, 0.717) is 37.5 Å². The van der Waals surface area contributed by atoms with E-state index in [0.717, 1.165) is 0 Å². The molecule has 0 saturated carbocycles. The van der Waals surface area contributed by atoms with Crippen LogP contribution in [-0.2, 0) is 16.1 Å². The summed E-state index contributed by atoms with van der Waals surface area (Å²) in [5, 5.41) is 2.78. The van der Waals surface area contributed by atoms with Gasteiger partial charge in [-0.2, -0.15) is 0 Å². The van der Waals surface area contributed by atoms with Gasteiger partial charge in [-0.25, -0.2) is 4.39 Å². The number of piperazine rings is 1. The van der Waals surface area contributed by atoms with Crippen molar-refractivity contribution >= 4 is 11.8 Å². The normalized spacial score (nSPS) is 17.1. The first-order valence-electron chi connectivity index (χ1n) is 8.83. The Bertz CT molecular complexity index is 698. The summed E-state index contributed by atoms with van der Waals surface area (Å²) in [5.74, 6) is -0.355. The van der Waals surface area contributed by atoms with Gasteiger partial charge in [0.15, 0.2) is 0 Å².